The highest BCUT2D eigenvalue weighted by atomic mass is 19.1. The van der Waals surface area contributed by atoms with Gasteiger partial charge in [-0.1, -0.05) is 0 Å². The number of rotatable bonds is 6. The Labute approximate surface area is 145 Å². The van der Waals surface area contributed by atoms with Crippen LogP contribution >= 0.6 is 0 Å². The number of aryl methyl sites for hydroxylation is 1. The fourth-order valence-electron chi connectivity index (χ4n) is 2.73. The average Bonchev–Trinajstić information content (AvgIpc) is 3.13. The summed E-state index contributed by atoms with van der Waals surface area (Å²) in [6.07, 6.45) is 4.77. The maximum atomic E-state index is 13.1. The number of carbonyl (C=O) groups excluding carboxylic acids is 1. The van der Waals surface area contributed by atoms with Crippen molar-refractivity contribution < 1.29 is 9.18 Å². The fraction of sp³-hybridized carbons (Fsp3) is 0.412. The third-order valence-electron chi connectivity index (χ3n) is 3.93. The van der Waals surface area contributed by atoms with Gasteiger partial charge in [-0.2, -0.15) is 4.98 Å². The smallest absolute Gasteiger partial charge is 0.253 e. The number of aromatic nitrogens is 3. The van der Waals surface area contributed by atoms with Gasteiger partial charge in [0.2, 0.25) is 5.95 Å². The molecule has 0 atom stereocenters. The molecule has 0 aliphatic carbocycles. The largest absolute Gasteiger partial charge is 0.356 e. The summed E-state index contributed by atoms with van der Waals surface area (Å²) in [6, 6.07) is 3.14. The minimum atomic E-state index is -0.534. The predicted molar refractivity (Wildman–Crippen MR) is 93.2 cm³/mol. The van der Waals surface area contributed by atoms with E-state index in [0.29, 0.717) is 19.0 Å². The van der Waals surface area contributed by atoms with Crippen LogP contribution in [0.3, 0.4) is 0 Å². The van der Waals surface area contributed by atoms with Crippen molar-refractivity contribution in [3.05, 3.63) is 41.6 Å². The second-order valence-corrected chi connectivity index (χ2v) is 5.96. The van der Waals surface area contributed by atoms with Crippen molar-refractivity contribution in [1.82, 2.24) is 20.3 Å². The molecule has 2 aromatic heterocycles. The number of amides is 1. The lowest BCUT2D eigenvalue weighted by molar-refractivity contribution is 0.0954. The lowest BCUT2D eigenvalue weighted by Gasteiger charge is -2.17. The molecule has 7 nitrogen and oxygen atoms in total. The van der Waals surface area contributed by atoms with Crippen LogP contribution in [-0.2, 0) is 0 Å². The van der Waals surface area contributed by atoms with E-state index >= 15 is 0 Å². The molecule has 0 spiro atoms. The van der Waals surface area contributed by atoms with Crippen molar-refractivity contribution in [3.63, 3.8) is 0 Å². The van der Waals surface area contributed by atoms with Gasteiger partial charge in [0.25, 0.3) is 5.91 Å². The van der Waals surface area contributed by atoms with Crippen LogP contribution in [0.1, 0.15) is 28.9 Å². The molecule has 8 heteroatoms. The first kappa shape index (κ1) is 17.1. The van der Waals surface area contributed by atoms with Gasteiger partial charge in [-0.25, -0.2) is 9.37 Å². The molecule has 25 heavy (non-hydrogen) atoms. The lowest BCUT2D eigenvalue weighted by atomic mass is 10.2. The number of pyridine rings is 1. The standard InChI is InChI=1S/C17H21FN6O/c1-12-8-15(24-6-2-3-7-24)23-17(22-12)21-5-4-20-16(25)13-9-14(18)11-19-10-13/h8-11H,2-7H2,1H3,(H,20,25)(H,21,22,23). The van der Waals surface area contributed by atoms with Gasteiger partial charge in [-0.05, 0) is 25.8 Å². The zero-order valence-corrected chi connectivity index (χ0v) is 14.1. The summed E-state index contributed by atoms with van der Waals surface area (Å²) in [4.78, 5) is 26.7. The summed E-state index contributed by atoms with van der Waals surface area (Å²) >= 11 is 0. The summed E-state index contributed by atoms with van der Waals surface area (Å²) < 4.78 is 13.1. The molecule has 1 aliphatic rings. The van der Waals surface area contributed by atoms with Crippen molar-refractivity contribution in [2.45, 2.75) is 19.8 Å². The van der Waals surface area contributed by atoms with Gasteiger partial charge in [0.1, 0.15) is 11.6 Å². The van der Waals surface area contributed by atoms with E-state index in [1.165, 1.54) is 19.0 Å². The maximum absolute atomic E-state index is 13.1. The Morgan fingerprint density at radius 1 is 1.20 bits per heavy atom. The van der Waals surface area contributed by atoms with E-state index < -0.39 is 5.82 Å². The number of anilines is 2. The summed E-state index contributed by atoms with van der Waals surface area (Å²) in [5.74, 6) is 0.580. The third-order valence-corrected chi connectivity index (χ3v) is 3.93. The van der Waals surface area contributed by atoms with Crippen LogP contribution in [0.5, 0.6) is 0 Å². The van der Waals surface area contributed by atoms with Crippen molar-refractivity contribution >= 4 is 17.7 Å². The Bertz CT molecular complexity index is 748. The van der Waals surface area contributed by atoms with Gasteiger partial charge < -0.3 is 15.5 Å². The molecule has 132 valence electrons. The Kier molecular flexibility index (Phi) is 5.37. The van der Waals surface area contributed by atoms with Crippen molar-refractivity contribution in [2.75, 3.05) is 36.4 Å². The Balaban J connectivity index is 1.51. The predicted octanol–water partition coefficient (Wildman–Crippen LogP) is 1.76. The maximum Gasteiger partial charge on any atom is 0.253 e. The molecule has 1 amide bonds. The molecule has 1 saturated heterocycles. The topological polar surface area (TPSA) is 83.0 Å². The molecule has 3 rings (SSSR count). The van der Waals surface area contributed by atoms with E-state index in [1.807, 2.05) is 13.0 Å². The molecule has 1 aliphatic heterocycles. The van der Waals surface area contributed by atoms with E-state index in [0.717, 1.165) is 36.9 Å². The highest BCUT2D eigenvalue weighted by Crippen LogP contribution is 2.19. The molecule has 3 heterocycles. The zero-order valence-electron chi connectivity index (χ0n) is 14.1. The number of hydrogen-bond acceptors (Lipinski definition) is 6. The quantitative estimate of drug-likeness (QED) is 0.777. The molecule has 0 saturated carbocycles. The van der Waals surface area contributed by atoms with Gasteiger partial charge >= 0.3 is 0 Å². The molecule has 0 aromatic carbocycles. The van der Waals surface area contributed by atoms with Crippen molar-refractivity contribution in [2.24, 2.45) is 0 Å². The van der Waals surface area contributed by atoms with Gasteiger partial charge in [0, 0.05) is 44.1 Å². The molecule has 0 bridgehead atoms. The minimum absolute atomic E-state index is 0.197. The Morgan fingerprint density at radius 3 is 2.76 bits per heavy atom. The van der Waals surface area contributed by atoms with Crippen LogP contribution in [0.15, 0.2) is 24.5 Å². The van der Waals surface area contributed by atoms with Crippen LogP contribution in [0.2, 0.25) is 0 Å². The van der Waals surface area contributed by atoms with Crippen LogP contribution in [0, 0.1) is 12.7 Å². The molecule has 1 fully saturated rings. The fourth-order valence-corrected chi connectivity index (χ4v) is 2.73. The van der Waals surface area contributed by atoms with Crippen LogP contribution in [-0.4, -0.2) is 47.0 Å². The highest BCUT2D eigenvalue weighted by molar-refractivity contribution is 5.93. The third kappa shape index (κ3) is 4.62. The van der Waals surface area contributed by atoms with E-state index in [2.05, 4.69) is 30.5 Å². The van der Waals surface area contributed by atoms with Crippen LogP contribution in [0.4, 0.5) is 16.2 Å². The number of halogens is 1. The summed E-state index contributed by atoms with van der Waals surface area (Å²) in [5, 5.41) is 5.82. The Hall–Kier alpha value is -2.77. The summed E-state index contributed by atoms with van der Waals surface area (Å²) in [5.41, 5.74) is 1.09. The molecule has 2 aromatic rings. The SMILES string of the molecule is Cc1cc(N2CCCC2)nc(NCCNC(=O)c2cncc(F)c2)n1. The second kappa shape index (κ2) is 7.87. The van der Waals surface area contributed by atoms with Crippen LogP contribution < -0.4 is 15.5 Å². The highest BCUT2D eigenvalue weighted by Gasteiger charge is 2.15. The zero-order chi connectivity index (χ0) is 17.6. The Morgan fingerprint density at radius 2 is 2.00 bits per heavy atom. The second-order valence-electron chi connectivity index (χ2n) is 5.96. The van der Waals surface area contributed by atoms with Crippen LogP contribution in [0.25, 0.3) is 0 Å². The summed E-state index contributed by atoms with van der Waals surface area (Å²) in [7, 11) is 0. The van der Waals surface area contributed by atoms with E-state index in [4.69, 9.17) is 0 Å². The van der Waals surface area contributed by atoms with Gasteiger partial charge in [0.05, 0.1) is 11.8 Å². The van der Waals surface area contributed by atoms with E-state index in [9.17, 15) is 9.18 Å². The van der Waals surface area contributed by atoms with E-state index in [1.54, 1.807) is 0 Å². The average molecular weight is 344 g/mol. The monoisotopic (exact) mass is 344 g/mol. The van der Waals surface area contributed by atoms with Gasteiger partial charge in [0.15, 0.2) is 0 Å². The first-order valence-electron chi connectivity index (χ1n) is 8.35. The summed E-state index contributed by atoms with van der Waals surface area (Å²) in [6.45, 7) is 4.81. The lowest BCUT2D eigenvalue weighted by Crippen LogP contribution is -2.29. The minimum Gasteiger partial charge on any atom is -0.356 e. The van der Waals surface area contributed by atoms with Crippen molar-refractivity contribution in [3.8, 4) is 0 Å². The molecular formula is C17H21FN6O. The molecule has 0 radical (unpaired) electrons. The number of carbonyl (C=O) groups is 1. The first-order valence-corrected chi connectivity index (χ1v) is 8.35. The van der Waals surface area contributed by atoms with Gasteiger partial charge in [-0.3, -0.25) is 9.78 Å². The normalized spacial score (nSPS) is 13.8. The van der Waals surface area contributed by atoms with Crippen molar-refractivity contribution in [1.29, 1.82) is 0 Å². The molecule has 2 N–H and O–H groups in total. The molecule has 0 unspecified atom stereocenters. The number of nitrogens with one attached hydrogen (secondary N) is 2. The first-order chi connectivity index (χ1) is 12.1. The molecular weight excluding hydrogens is 323 g/mol. The number of hydrogen-bond donors (Lipinski definition) is 2. The van der Waals surface area contributed by atoms with Gasteiger partial charge in [-0.15, -0.1) is 0 Å². The van der Waals surface area contributed by atoms with E-state index in [-0.39, 0.29) is 11.5 Å². The number of nitrogens with zero attached hydrogens (tertiary/aromatic N) is 4.